The van der Waals surface area contributed by atoms with E-state index in [-0.39, 0.29) is 17.4 Å². The summed E-state index contributed by atoms with van der Waals surface area (Å²) in [4.78, 5) is 14.5. The van der Waals surface area contributed by atoms with Crippen molar-refractivity contribution in [1.29, 1.82) is 0 Å². The Labute approximate surface area is 133 Å². The number of aliphatic hydroxyl groups excluding tert-OH is 1. The van der Waals surface area contributed by atoms with Crippen molar-refractivity contribution >= 4 is 5.91 Å². The first-order chi connectivity index (χ1) is 10.3. The van der Waals surface area contributed by atoms with Crippen LogP contribution in [0.2, 0.25) is 0 Å². The highest BCUT2D eigenvalue weighted by Crippen LogP contribution is 2.21. The van der Waals surface area contributed by atoms with Gasteiger partial charge in [-0.1, -0.05) is 45.0 Å². The van der Waals surface area contributed by atoms with Crippen LogP contribution in [0, 0.1) is 5.41 Å². The summed E-state index contributed by atoms with van der Waals surface area (Å²) in [5.41, 5.74) is 2.47. The lowest BCUT2D eigenvalue weighted by Gasteiger charge is -2.33. The van der Waals surface area contributed by atoms with E-state index in [4.69, 9.17) is 0 Å². The van der Waals surface area contributed by atoms with E-state index >= 15 is 0 Å². The summed E-state index contributed by atoms with van der Waals surface area (Å²) in [7, 11) is 0. The molecule has 0 radical (unpaired) electrons. The van der Waals surface area contributed by atoms with E-state index in [1.807, 2.05) is 33.8 Å². The first kappa shape index (κ1) is 17.0. The van der Waals surface area contributed by atoms with Gasteiger partial charge in [0.1, 0.15) is 0 Å². The fraction of sp³-hybridized carbons (Fsp3) is 0.611. The van der Waals surface area contributed by atoms with Crippen molar-refractivity contribution < 1.29 is 9.90 Å². The minimum atomic E-state index is -0.536. The second kappa shape index (κ2) is 6.80. The number of benzene rings is 1. The fourth-order valence-corrected chi connectivity index (χ4v) is 2.67. The molecule has 4 heteroatoms. The first-order valence-electron chi connectivity index (χ1n) is 8.05. The summed E-state index contributed by atoms with van der Waals surface area (Å²) in [6, 6.07) is 8.23. The van der Waals surface area contributed by atoms with Gasteiger partial charge < -0.3 is 10.4 Å². The zero-order valence-corrected chi connectivity index (χ0v) is 14.1. The molecule has 0 saturated heterocycles. The van der Waals surface area contributed by atoms with Crippen LogP contribution in [0.5, 0.6) is 0 Å². The Balaban J connectivity index is 1.89. The number of hydrogen-bond acceptors (Lipinski definition) is 3. The van der Waals surface area contributed by atoms with Crippen LogP contribution >= 0.6 is 0 Å². The van der Waals surface area contributed by atoms with E-state index in [1.54, 1.807) is 0 Å². The molecule has 2 atom stereocenters. The van der Waals surface area contributed by atoms with Crippen molar-refractivity contribution in [3.05, 3.63) is 35.4 Å². The maximum atomic E-state index is 12.3. The topological polar surface area (TPSA) is 52.6 Å². The molecule has 4 nitrogen and oxygen atoms in total. The van der Waals surface area contributed by atoms with Crippen LogP contribution in [0.3, 0.4) is 0 Å². The molecule has 0 spiro atoms. The molecule has 1 aliphatic heterocycles. The highest BCUT2D eigenvalue weighted by atomic mass is 16.3. The molecule has 1 aliphatic rings. The molecule has 122 valence electrons. The van der Waals surface area contributed by atoms with Crippen LogP contribution in [-0.2, 0) is 17.8 Å². The van der Waals surface area contributed by atoms with Gasteiger partial charge in [0.2, 0.25) is 5.91 Å². The Hall–Kier alpha value is -1.39. The summed E-state index contributed by atoms with van der Waals surface area (Å²) < 4.78 is 0. The zero-order valence-electron chi connectivity index (χ0n) is 14.1. The Kier molecular flexibility index (Phi) is 5.24. The average Bonchev–Trinajstić information content (AvgIpc) is 2.50. The number of carbonyl (C=O) groups is 1. The van der Waals surface area contributed by atoms with Gasteiger partial charge in [-0.15, -0.1) is 0 Å². The van der Waals surface area contributed by atoms with E-state index in [0.717, 1.165) is 19.5 Å². The van der Waals surface area contributed by atoms with Gasteiger partial charge in [0.05, 0.1) is 12.1 Å². The predicted molar refractivity (Wildman–Crippen MR) is 88.5 cm³/mol. The van der Waals surface area contributed by atoms with Crippen molar-refractivity contribution in [2.45, 2.75) is 52.8 Å². The number of aliphatic hydroxyl groups is 1. The molecule has 0 bridgehead atoms. The SMILES string of the molecule is CC(C(=O)NCC(O)C(C)(C)C)N1CCc2ccccc2C1. The highest BCUT2D eigenvalue weighted by Gasteiger charge is 2.27. The number of nitrogens with one attached hydrogen (secondary N) is 1. The summed E-state index contributed by atoms with van der Waals surface area (Å²) in [5.74, 6) is -0.0114. The maximum Gasteiger partial charge on any atom is 0.237 e. The Bertz CT molecular complexity index is 522. The highest BCUT2D eigenvalue weighted by molar-refractivity contribution is 5.81. The van der Waals surface area contributed by atoms with Crippen LogP contribution in [0.25, 0.3) is 0 Å². The summed E-state index contributed by atoms with van der Waals surface area (Å²) in [6.07, 6.45) is 0.448. The van der Waals surface area contributed by atoms with E-state index in [9.17, 15) is 9.90 Å². The van der Waals surface area contributed by atoms with Crippen molar-refractivity contribution in [3.63, 3.8) is 0 Å². The molecule has 0 saturated carbocycles. The molecule has 2 rings (SSSR count). The standard InChI is InChI=1S/C18H28N2O2/c1-13(17(22)19-11-16(21)18(2,3)4)20-10-9-14-7-5-6-8-15(14)12-20/h5-8,13,16,21H,9-12H2,1-4H3,(H,19,22). The molecule has 2 N–H and O–H groups in total. The molecular weight excluding hydrogens is 276 g/mol. The predicted octanol–water partition coefficient (Wildman–Crippen LogP) is 1.96. The lowest BCUT2D eigenvalue weighted by atomic mass is 9.89. The quantitative estimate of drug-likeness (QED) is 0.894. The minimum absolute atomic E-state index is 0.0114. The molecule has 0 aliphatic carbocycles. The third kappa shape index (κ3) is 4.08. The Morgan fingerprint density at radius 1 is 1.32 bits per heavy atom. The molecule has 0 fully saturated rings. The molecule has 1 aromatic carbocycles. The van der Waals surface area contributed by atoms with E-state index in [1.165, 1.54) is 11.1 Å². The maximum absolute atomic E-state index is 12.3. The van der Waals surface area contributed by atoms with Crippen molar-refractivity contribution in [2.24, 2.45) is 5.41 Å². The van der Waals surface area contributed by atoms with Gasteiger partial charge in [-0.3, -0.25) is 9.69 Å². The third-order valence-corrected chi connectivity index (χ3v) is 4.56. The van der Waals surface area contributed by atoms with Crippen LogP contribution in [-0.4, -0.2) is 41.1 Å². The Morgan fingerprint density at radius 3 is 2.59 bits per heavy atom. The third-order valence-electron chi connectivity index (χ3n) is 4.56. The first-order valence-corrected chi connectivity index (χ1v) is 8.05. The van der Waals surface area contributed by atoms with E-state index in [2.05, 4.69) is 28.4 Å². The largest absolute Gasteiger partial charge is 0.391 e. The number of fused-ring (bicyclic) bond motifs is 1. The van der Waals surface area contributed by atoms with E-state index < -0.39 is 6.10 Å². The van der Waals surface area contributed by atoms with Crippen LogP contribution in [0.1, 0.15) is 38.8 Å². The molecule has 1 aromatic rings. The summed E-state index contributed by atoms with van der Waals surface area (Å²) in [5, 5.41) is 12.9. The molecule has 1 heterocycles. The smallest absolute Gasteiger partial charge is 0.237 e. The average molecular weight is 304 g/mol. The molecular formula is C18H28N2O2. The van der Waals surface area contributed by atoms with Gasteiger partial charge in [0.25, 0.3) is 0 Å². The van der Waals surface area contributed by atoms with Gasteiger partial charge in [-0.2, -0.15) is 0 Å². The fourth-order valence-electron chi connectivity index (χ4n) is 2.67. The molecule has 22 heavy (non-hydrogen) atoms. The van der Waals surface area contributed by atoms with Gasteiger partial charge in [0.15, 0.2) is 0 Å². The van der Waals surface area contributed by atoms with E-state index in [0.29, 0.717) is 6.54 Å². The van der Waals surface area contributed by atoms with Gasteiger partial charge in [-0.25, -0.2) is 0 Å². The van der Waals surface area contributed by atoms with Crippen molar-refractivity contribution in [3.8, 4) is 0 Å². The van der Waals surface area contributed by atoms with Crippen molar-refractivity contribution in [2.75, 3.05) is 13.1 Å². The zero-order chi connectivity index (χ0) is 16.3. The monoisotopic (exact) mass is 304 g/mol. The molecule has 0 aromatic heterocycles. The lowest BCUT2D eigenvalue weighted by Crippen LogP contribution is -2.49. The normalized spacial score (nSPS) is 18.4. The summed E-state index contributed by atoms with van der Waals surface area (Å²) in [6.45, 7) is 9.85. The number of amides is 1. The van der Waals surface area contributed by atoms with Crippen LogP contribution < -0.4 is 5.32 Å². The summed E-state index contributed by atoms with van der Waals surface area (Å²) >= 11 is 0. The number of nitrogens with zero attached hydrogens (tertiary/aromatic N) is 1. The number of rotatable bonds is 4. The Morgan fingerprint density at radius 2 is 1.95 bits per heavy atom. The van der Waals surface area contributed by atoms with Crippen molar-refractivity contribution in [1.82, 2.24) is 10.2 Å². The number of hydrogen-bond donors (Lipinski definition) is 2. The van der Waals surface area contributed by atoms with Crippen LogP contribution in [0.15, 0.2) is 24.3 Å². The van der Waals surface area contributed by atoms with Gasteiger partial charge in [-0.05, 0) is 29.9 Å². The van der Waals surface area contributed by atoms with Gasteiger partial charge >= 0.3 is 0 Å². The lowest BCUT2D eigenvalue weighted by molar-refractivity contribution is -0.127. The second-order valence-corrected chi connectivity index (χ2v) is 7.29. The minimum Gasteiger partial charge on any atom is -0.391 e. The molecule has 1 amide bonds. The second-order valence-electron chi connectivity index (χ2n) is 7.29. The molecule has 2 unspecified atom stereocenters. The van der Waals surface area contributed by atoms with Gasteiger partial charge in [0, 0.05) is 19.6 Å². The number of carbonyl (C=O) groups excluding carboxylic acids is 1. The van der Waals surface area contributed by atoms with Crippen LogP contribution in [0.4, 0.5) is 0 Å².